The molecule has 0 radical (unpaired) electrons. The first-order valence-corrected chi connectivity index (χ1v) is 16.1. The lowest BCUT2D eigenvalue weighted by Gasteiger charge is -2.35. The summed E-state index contributed by atoms with van der Waals surface area (Å²) in [5, 5.41) is 9.56. The van der Waals surface area contributed by atoms with Gasteiger partial charge < -0.3 is 10.6 Å². The highest BCUT2D eigenvalue weighted by Gasteiger charge is 2.38. The van der Waals surface area contributed by atoms with Gasteiger partial charge in [-0.15, -0.1) is 0 Å². The maximum absolute atomic E-state index is 13.4. The van der Waals surface area contributed by atoms with Gasteiger partial charge in [-0.1, -0.05) is 104 Å². The Morgan fingerprint density at radius 2 is 0.972 bits per heavy atom. The van der Waals surface area contributed by atoms with Crippen LogP contribution in [0.5, 0.6) is 0 Å². The highest BCUT2D eigenvalue weighted by molar-refractivity contribution is 7.48. The van der Waals surface area contributed by atoms with Crippen LogP contribution in [0.1, 0.15) is 64.2 Å². The molecule has 0 spiro atoms. The molecule has 5 rings (SSSR count). The predicted octanol–water partition coefficient (Wildman–Crippen LogP) is 4.88. The normalized spacial score (nSPS) is 30.8. The van der Waals surface area contributed by atoms with Crippen LogP contribution < -0.4 is 21.2 Å². The first-order valence-electron chi connectivity index (χ1n) is 13.9. The van der Waals surface area contributed by atoms with Crippen molar-refractivity contribution in [3.8, 4) is 0 Å². The Kier molecular flexibility index (Phi) is 9.10. The Balaban J connectivity index is 1.18. The lowest BCUT2D eigenvalue weighted by molar-refractivity contribution is -0.128. The molecule has 2 N–H and O–H groups in total. The number of amides is 2. The van der Waals surface area contributed by atoms with Gasteiger partial charge in [-0.05, 0) is 60.5 Å². The largest absolute Gasteiger partial charge is 0.351 e. The van der Waals surface area contributed by atoms with Gasteiger partial charge in [0.05, 0.1) is 0 Å². The molecule has 6 unspecified atom stereocenters. The van der Waals surface area contributed by atoms with Gasteiger partial charge in [0.2, 0.25) is 11.8 Å². The fraction of sp³-hybridized carbons (Fsp3) is 0.533. The van der Waals surface area contributed by atoms with E-state index in [0.29, 0.717) is 28.5 Å². The Morgan fingerprint density at radius 1 is 0.556 bits per heavy atom. The van der Waals surface area contributed by atoms with Crippen LogP contribution in [0.4, 0.5) is 0 Å². The molecule has 0 aromatic heterocycles. The minimum absolute atomic E-state index is 0.0629. The molecular formula is C30H40N2O2P2. The second-order valence-corrected chi connectivity index (χ2v) is 14.0. The molecule has 2 aromatic rings. The van der Waals surface area contributed by atoms with E-state index in [1.165, 1.54) is 10.6 Å². The van der Waals surface area contributed by atoms with Crippen molar-refractivity contribution in [2.45, 2.75) is 87.6 Å². The molecule has 3 saturated carbocycles. The number of benzene rings is 2. The fourth-order valence-corrected chi connectivity index (χ4v) is 9.81. The fourth-order valence-electron chi connectivity index (χ4n) is 6.45. The average molecular weight is 523 g/mol. The molecule has 3 aliphatic carbocycles. The average Bonchev–Trinajstić information content (AvgIpc) is 3.56. The summed E-state index contributed by atoms with van der Waals surface area (Å²) in [5.41, 5.74) is 0.893. The monoisotopic (exact) mass is 522 g/mol. The highest BCUT2D eigenvalue weighted by atomic mass is 31.1. The summed E-state index contributed by atoms with van der Waals surface area (Å²) in [6.07, 6.45) is 10.7. The van der Waals surface area contributed by atoms with E-state index >= 15 is 0 Å². The molecule has 2 amide bonds. The summed E-state index contributed by atoms with van der Waals surface area (Å²) in [7, 11) is 1.38. The Morgan fingerprint density at radius 3 is 1.39 bits per heavy atom. The van der Waals surface area contributed by atoms with Crippen LogP contribution in [0.3, 0.4) is 0 Å². The van der Waals surface area contributed by atoms with Crippen LogP contribution >= 0.6 is 17.2 Å². The molecule has 8 atom stereocenters. The standard InChI is InChI=1S/C30H40N2O2P2/c33-29(23-15-9-19-27(23)35-21-11-3-1-4-12-21)31-25-17-7-8-18-26(25)32-30(34)24-16-10-20-28(24)36-22-13-5-2-6-14-22/h1-6,11-14,23-28,35-36H,7-10,15-20H2,(H,31,33)(H,32,34)/t23?,24?,25-,26-,27?,28?/m0/s1. The molecule has 0 aliphatic heterocycles. The second-order valence-electron chi connectivity index (χ2n) is 10.8. The molecule has 36 heavy (non-hydrogen) atoms. The number of hydrogen-bond donors (Lipinski definition) is 2. The topological polar surface area (TPSA) is 58.2 Å². The number of carbonyl (C=O) groups is 2. The Bertz CT molecular complexity index is 921. The number of nitrogens with one attached hydrogen (secondary N) is 2. The minimum atomic E-state index is 0.0629. The van der Waals surface area contributed by atoms with E-state index in [2.05, 4.69) is 71.3 Å². The molecule has 192 valence electrons. The number of carbonyl (C=O) groups excluding carboxylic acids is 2. The van der Waals surface area contributed by atoms with E-state index in [4.69, 9.17) is 0 Å². The van der Waals surface area contributed by atoms with Crippen LogP contribution in [0.15, 0.2) is 60.7 Å². The van der Waals surface area contributed by atoms with Crippen LogP contribution in [0.25, 0.3) is 0 Å². The van der Waals surface area contributed by atoms with Crippen LogP contribution in [-0.4, -0.2) is 35.2 Å². The summed E-state index contributed by atoms with van der Waals surface area (Å²) in [6, 6.07) is 21.4. The summed E-state index contributed by atoms with van der Waals surface area (Å²) in [4.78, 5) is 26.9. The molecule has 6 heteroatoms. The number of rotatable bonds is 8. The molecule has 0 heterocycles. The van der Waals surface area contributed by atoms with Gasteiger partial charge in [-0.3, -0.25) is 9.59 Å². The molecule has 0 bridgehead atoms. The van der Waals surface area contributed by atoms with Crippen LogP contribution in [0.2, 0.25) is 0 Å². The van der Waals surface area contributed by atoms with Crippen LogP contribution in [-0.2, 0) is 9.59 Å². The molecule has 0 saturated heterocycles. The number of hydrogen-bond acceptors (Lipinski definition) is 2. The quantitative estimate of drug-likeness (QED) is 0.486. The van der Waals surface area contributed by atoms with Gasteiger partial charge in [0, 0.05) is 23.9 Å². The Hall–Kier alpha value is -1.76. The zero-order chi connectivity index (χ0) is 24.7. The maximum atomic E-state index is 13.4. The third-order valence-corrected chi connectivity index (χ3v) is 11.8. The van der Waals surface area contributed by atoms with E-state index < -0.39 is 0 Å². The summed E-state index contributed by atoms with van der Waals surface area (Å²) >= 11 is 0. The van der Waals surface area contributed by atoms with Gasteiger partial charge in [-0.2, -0.15) is 0 Å². The van der Waals surface area contributed by atoms with Gasteiger partial charge in [0.1, 0.15) is 0 Å². The smallest absolute Gasteiger partial charge is 0.224 e. The molecule has 4 nitrogen and oxygen atoms in total. The van der Waals surface area contributed by atoms with Crippen molar-refractivity contribution in [2.24, 2.45) is 11.8 Å². The van der Waals surface area contributed by atoms with Crippen LogP contribution in [0, 0.1) is 11.8 Å². The summed E-state index contributed by atoms with van der Waals surface area (Å²) in [5.74, 6) is 0.647. The van der Waals surface area contributed by atoms with Crippen molar-refractivity contribution < 1.29 is 9.59 Å². The van der Waals surface area contributed by atoms with Crippen molar-refractivity contribution in [3.05, 3.63) is 60.7 Å². The van der Waals surface area contributed by atoms with Gasteiger partial charge >= 0.3 is 0 Å². The van der Waals surface area contributed by atoms with E-state index in [0.717, 1.165) is 64.2 Å². The molecule has 2 aromatic carbocycles. The lowest BCUT2D eigenvalue weighted by atomic mass is 9.89. The molecule has 3 fully saturated rings. The first-order chi connectivity index (χ1) is 17.7. The third-order valence-electron chi connectivity index (χ3n) is 8.38. The lowest BCUT2D eigenvalue weighted by Crippen LogP contribution is -2.55. The minimum Gasteiger partial charge on any atom is -0.351 e. The summed E-state index contributed by atoms with van der Waals surface area (Å²) < 4.78 is 0. The highest BCUT2D eigenvalue weighted by Crippen LogP contribution is 2.40. The second kappa shape index (κ2) is 12.7. The van der Waals surface area contributed by atoms with E-state index in [1.54, 1.807) is 0 Å². The van der Waals surface area contributed by atoms with Crippen molar-refractivity contribution in [1.82, 2.24) is 10.6 Å². The SMILES string of the molecule is O=C(N[C@H]1CCCC[C@@H]1NC(=O)C1CCCC1Pc1ccccc1)C1CCCC1Pc1ccccc1. The molecule has 3 aliphatic rings. The Labute approximate surface area is 219 Å². The zero-order valence-corrected chi connectivity index (χ0v) is 23.1. The molecular weight excluding hydrogens is 482 g/mol. The zero-order valence-electron chi connectivity index (χ0n) is 21.1. The van der Waals surface area contributed by atoms with Crippen molar-refractivity contribution in [3.63, 3.8) is 0 Å². The maximum Gasteiger partial charge on any atom is 0.224 e. The van der Waals surface area contributed by atoms with Crippen molar-refractivity contribution >= 4 is 39.6 Å². The van der Waals surface area contributed by atoms with Gasteiger partial charge in [-0.25, -0.2) is 0 Å². The first kappa shape index (κ1) is 25.9. The van der Waals surface area contributed by atoms with Gasteiger partial charge in [0.25, 0.3) is 0 Å². The van der Waals surface area contributed by atoms with Crippen molar-refractivity contribution in [2.75, 3.05) is 0 Å². The predicted molar refractivity (Wildman–Crippen MR) is 153 cm³/mol. The van der Waals surface area contributed by atoms with Crippen molar-refractivity contribution in [1.29, 1.82) is 0 Å². The van der Waals surface area contributed by atoms with Gasteiger partial charge in [0.15, 0.2) is 0 Å². The van der Waals surface area contributed by atoms with E-state index in [1.807, 2.05) is 0 Å². The third kappa shape index (κ3) is 6.56. The van der Waals surface area contributed by atoms with E-state index in [-0.39, 0.29) is 35.7 Å². The summed E-state index contributed by atoms with van der Waals surface area (Å²) in [6.45, 7) is 0. The van der Waals surface area contributed by atoms with E-state index in [9.17, 15) is 9.59 Å².